The number of hydrogen-bond acceptors (Lipinski definition) is 4. The number of rotatable bonds is 4. The molecule has 6 heteroatoms. The van der Waals surface area contributed by atoms with E-state index in [1.165, 1.54) is 11.3 Å². The number of carbonyl (C=O) groups excluding carboxylic acids is 1. The summed E-state index contributed by atoms with van der Waals surface area (Å²) in [6, 6.07) is 0. The van der Waals surface area contributed by atoms with Crippen LogP contribution in [0.3, 0.4) is 0 Å². The molecule has 2 aromatic heterocycles. The van der Waals surface area contributed by atoms with Crippen LogP contribution in [0.5, 0.6) is 0 Å². The van der Waals surface area contributed by atoms with Gasteiger partial charge < -0.3 is 5.32 Å². The van der Waals surface area contributed by atoms with Gasteiger partial charge in [-0.25, -0.2) is 4.98 Å². The zero-order chi connectivity index (χ0) is 12.4. The quantitative estimate of drug-likeness (QED) is 0.903. The van der Waals surface area contributed by atoms with Gasteiger partial charge in [0.2, 0.25) is 4.96 Å². The molecule has 92 valence electrons. The molecule has 0 aromatic carbocycles. The molecule has 0 aliphatic heterocycles. The number of nitrogens with zero attached hydrogens (tertiary/aromatic N) is 3. The molecule has 0 aliphatic rings. The van der Waals surface area contributed by atoms with Crippen LogP contribution in [0.25, 0.3) is 4.96 Å². The lowest BCUT2D eigenvalue weighted by atomic mass is 10.1. The van der Waals surface area contributed by atoms with Crippen molar-refractivity contribution in [2.24, 2.45) is 5.92 Å². The molecule has 0 saturated carbocycles. The summed E-state index contributed by atoms with van der Waals surface area (Å²) in [6.45, 7) is 6.79. The lowest BCUT2D eigenvalue weighted by Crippen LogP contribution is -2.27. The summed E-state index contributed by atoms with van der Waals surface area (Å²) in [6.07, 6.45) is 0.976. The molecule has 0 unspecified atom stereocenters. The average Bonchev–Trinajstić information content (AvgIpc) is 2.75. The minimum Gasteiger partial charge on any atom is -0.351 e. The second-order valence-electron chi connectivity index (χ2n) is 4.42. The van der Waals surface area contributed by atoms with Crippen LogP contribution in [0, 0.1) is 12.8 Å². The molecule has 2 rings (SSSR count). The number of aryl methyl sites for hydroxylation is 1. The summed E-state index contributed by atoms with van der Waals surface area (Å²) < 4.78 is 1.60. The number of amides is 1. The van der Waals surface area contributed by atoms with Crippen molar-refractivity contribution < 1.29 is 4.79 Å². The fourth-order valence-electron chi connectivity index (χ4n) is 1.61. The van der Waals surface area contributed by atoms with E-state index in [1.807, 2.05) is 6.92 Å². The molecule has 0 radical (unpaired) electrons. The Morgan fingerprint density at radius 1 is 1.59 bits per heavy atom. The molecule has 0 bridgehead atoms. The van der Waals surface area contributed by atoms with Gasteiger partial charge in [0, 0.05) is 6.54 Å². The molecule has 0 saturated heterocycles. The van der Waals surface area contributed by atoms with E-state index in [2.05, 4.69) is 29.2 Å². The van der Waals surface area contributed by atoms with Crippen molar-refractivity contribution in [3.63, 3.8) is 0 Å². The topological polar surface area (TPSA) is 59.3 Å². The third kappa shape index (κ3) is 2.46. The summed E-state index contributed by atoms with van der Waals surface area (Å²) in [7, 11) is 0. The Hall–Kier alpha value is -1.43. The molecule has 0 aliphatic carbocycles. The van der Waals surface area contributed by atoms with Crippen molar-refractivity contribution in [3.8, 4) is 0 Å². The first-order valence-electron chi connectivity index (χ1n) is 5.66. The minimum absolute atomic E-state index is 0.0958. The second-order valence-corrected chi connectivity index (χ2v) is 5.23. The average molecular weight is 252 g/mol. The predicted octanol–water partition coefficient (Wildman–Crippen LogP) is 1.88. The van der Waals surface area contributed by atoms with Crippen LogP contribution in [0.4, 0.5) is 0 Å². The van der Waals surface area contributed by atoms with E-state index in [-0.39, 0.29) is 5.91 Å². The van der Waals surface area contributed by atoms with Gasteiger partial charge in [-0.15, -0.1) is 0 Å². The van der Waals surface area contributed by atoms with Gasteiger partial charge in [0.1, 0.15) is 5.51 Å². The second kappa shape index (κ2) is 4.83. The lowest BCUT2D eigenvalue weighted by Gasteiger charge is -2.06. The Morgan fingerprint density at radius 3 is 3.06 bits per heavy atom. The van der Waals surface area contributed by atoms with Crippen molar-refractivity contribution in [1.82, 2.24) is 19.9 Å². The molecular weight excluding hydrogens is 236 g/mol. The number of nitrogens with one attached hydrogen (secondary N) is 1. The van der Waals surface area contributed by atoms with Crippen LogP contribution < -0.4 is 5.32 Å². The van der Waals surface area contributed by atoms with Crippen molar-refractivity contribution >= 4 is 22.2 Å². The van der Waals surface area contributed by atoms with Crippen LogP contribution in [-0.4, -0.2) is 27.0 Å². The van der Waals surface area contributed by atoms with E-state index in [1.54, 1.807) is 10.0 Å². The van der Waals surface area contributed by atoms with Gasteiger partial charge in [0.25, 0.3) is 5.91 Å². The van der Waals surface area contributed by atoms with Crippen LogP contribution in [0.1, 0.15) is 36.5 Å². The summed E-state index contributed by atoms with van der Waals surface area (Å²) >= 11 is 1.43. The van der Waals surface area contributed by atoms with Crippen molar-refractivity contribution in [2.75, 3.05) is 6.54 Å². The van der Waals surface area contributed by atoms with Crippen molar-refractivity contribution in [3.05, 3.63) is 16.9 Å². The number of fused-ring (bicyclic) bond motifs is 1. The van der Waals surface area contributed by atoms with Gasteiger partial charge in [-0.2, -0.15) is 9.61 Å². The molecule has 5 nitrogen and oxygen atoms in total. The highest BCUT2D eigenvalue weighted by molar-refractivity contribution is 7.14. The first-order valence-corrected chi connectivity index (χ1v) is 6.54. The first-order chi connectivity index (χ1) is 8.09. The molecule has 0 atom stereocenters. The molecule has 0 fully saturated rings. The number of hydrogen-bond donors (Lipinski definition) is 1. The zero-order valence-electron chi connectivity index (χ0n) is 10.2. The largest absolute Gasteiger partial charge is 0.351 e. The van der Waals surface area contributed by atoms with Crippen LogP contribution in [-0.2, 0) is 0 Å². The zero-order valence-corrected chi connectivity index (χ0v) is 11.0. The fraction of sp³-hybridized carbons (Fsp3) is 0.545. The van der Waals surface area contributed by atoms with E-state index in [9.17, 15) is 4.79 Å². The maximum Gasteiger partial charge on any atom is 0.271 e. The number of imidazole rings is 1. The maximum atomic E-state index is 12.0. The van der Waals surface area contributed by atoms with Crippen molar-refractivity contribution in [2.45, 2.75) is 27.2 Å². The molecule has 2 heterocycles. The Balaban J connectivity index is 2.13. The normalized spacial score (nSPS) is 11.3. The highest BCUT2D eigenvalue weighted by Gasteiger charge is 2.17. The third-order valence-electron chi connectivity index (χ3n) is 2.54. The van der Waals surface area contributed by atoms with Gasteiger partial charge in [-0.05, 0) is 19.3 Å². The summed E-state index contributed by atoms with van der Waals surface area (Å²) in [5.74, 6) is 0.489. The third-order valence-corrected chi connectivity index (χ3v) is 3.22. The van der Waals surface area contributed by atoms with E-state index in [0.717, 1.165) is 17.1 Å². The van der Waals surface area contributed by atoms with Gasteiger partial charge in [0.15, 0.2) is 5.69 Å². The number of aromatic nitrogens is 3. The molecular formula is C11H16N4OS. The Kier molecular flexibility index (Phi) is 3.42. The summed E-state index contributed by atoms with van der Waals surface area (Å²) in [5, 5.41) is 7.02. The summed E-state index contributed by atoms with van der Waals surface area (Å²) in [5.41, 5.74) is 2.96. The Morgan fingerprint density at radius 2 is 2.35 bits per heavy atom. The van der Waals surface area contributed by atoms with E-state index in [0.29, 0.717) is 18.2 Å². The fourth-order valence-corrected chi connectivity index (χ4v) is 2.28. The monoisotopic (exact) mass is 252 g/mol. The first kappa shape index (κ1) is 12.0. The Labute approximate surface area is 104 Å². The molecule has 1 amide bonds. The molecule has 0 spiro atoms. The molecule has 2 aromatic rings. The standard InChI is InChI=1S/C11H16N4OS/c1-7(2)4-5-12-10(16)9-8(3)14-11-15(9)13-6-17-11/h6-7H,4-5H2,1-3H3,(H,12,16). The minimum atomic E-state index is -0.0958. The molecule has 17 heavy (non-hydrogen) atoms. The summed E-state index contributed by atoms with van der Waals surface area (Å²) in [4.78, 5) is 17.1. The van der Waals surface area contributed by atoms with Gasteiger partial charge in [0.05, 0.1) is 5.69 Å². The maximum absolute atomic E-state index is 12.0. The van der Waals surface area contributed by atoms with Gasteiger partial charge in [-0.3, -0.25) is 4.79 Å². The number of carbonyl (C=O) groups is 1. The lowest BCUT2D eigenvalue weighted by molar-refractivity contribution is 0.0944. The SMILES string of the molecule is Cc1nc2scnn2c1C(=O)NCCC(C)C. The van der Waals surface area contributed by atoms with Crippen LogP contribution >= 0.6 is 11.3 Å². The highest BCUT2D eigenvalue weighted by Crippen LogP contribution is 2.14. The van der Waals surface area contributed by atoms with Gasteiger partial charge in [-0.1, -0.05) is 25.2 Å². The van der Waals surface area contributed by atoms with Crippen LogP contribution in [0.2, 0.25) is 0 Å². The predicted molar refractivity (Wildman–Crippen MR) is 67.4 cm³/mol. The highest BCUT2D eigenvalue weighted by atomic mass is 32.1. The smallest absolute Gasteiger partial charge is 0.271 e. The van der Waals surface area contributed by atoms with E-state index < -0.39 is 0 Å². The van der Waals surface area contributed by atoms with Crippen LogP contribution in [0.15, 0.2) is 5.51 Å². The van der Waals surface area contributed by atoms with E-state index in [4.69, 9.17) is 0 Å². The molecule has 1 N–H and O–H groups in total. The van der Waals surface area contributed by atoms with E-state index >= 15 is 0 Å². The van der Waals surface area contributed by atoms with Crippen molar-refractivity contribution in [1.29, 1.82) is 0 Å². The van der Waals surface area contributed by atoms with Gasteiger partial charge >= 0.3 is 0 Å². The Bertz CT molecular complexity index is 529.